The van der Waals surface area contributed by atoms with Crippen molar-refractivity contribution in [2.24, 2.45) is 0 Å². The van der Waals surface area contributed by atoms with Gasteiger partial charge in [0.15, 0.2) is 0 Å². The predicted molar refractivity (Wildman–Crippen MR) is 58.3 cm³/mol. The van der Waals surface area contributed by atoms with Gasteiger partial charge in [0, 0.05) is 17.5 Å². The van der Waals surface area contributed by atoms with Gasteiger partial charge in [-0.05, 0) is 12.1 Å². The van der Waals surface area contributed by atoms with Crippen molar-refractivity contribution in [1.29, 1.82) is 0 Å². The molecule has 0 spiro atoms. The van der Waals surface area contributed by atoms with Crippen LogP contribution in [0.5, 0.6) is 0 Å². The van der Waals surface area contributed by atoms with Crippen molar-refractivity contribution >= 4 is 16.9 Å². The summed E-state index contributed by atoms with van der Waals surface area (Å²) in [6, 6.07) is 7.72. The Morgan fingerprint density at radius 2 is 2.27 bits per heavy atom. The molecule has 1 heterocycles. The van der Waals surface area contributed by atoms with Crippen molar-refractivity contribution in [2.75, 3.05) is 0 Å². The Morgan fingerprint density at radius 1 is 1.47 bits per heavy atom. The molecule has 0 saturated heterocycles. The average molecular weight is 201 g/mol. The first-order chi connectivity index (χ1) is 7.31. The van der Waals surface area contributed by atoms with E-state index >= 15 is 0 Å². The maximum Gasteiger partial charge on any atom is 0.243 e. The molecule has 1 N–H and O–H groups in total. The third-order valence-electron chi connectivity index (χ3n) is 2.20. The van der Waals surface area contributed by atoms with Crippen molar-refractivity contribution in [3.05, 3.63) is 48.7 Å². The van der Waals surface area contributed by atoms with E-state index in [1.54, 1.807) is 6.26 Å². The van der Waals surface area contributed by atoms with Gasteiger partial charge in [-0.25, -0.2) is 0 Å². The number of benzene rings is 1. The Kier molecular flexibility index (Phi) is 2.54. The van der Waals surface area contributed by atoms with Crippen LogP contribution in [0.2, 0.25) is 0 Å². The van der Waals surface area contributed by atoms with Crippen molar-refractivity contribution in [1.82, 2.24) is 5.32 Å². The molecule has 0 atom stereocenters. The molecule has 1 amide bonds. The van der Waals surface area contributed by atoms with E-state index < -0.39 is 0 Å². The number of carbonyl (C=O) groups excluding carboxylic acids is 1. The fourth-order valence-corrected chi connectivity index (χ4v) is 1.42. The number of nitrogens with one attached hydrogen (secondary N) is 1. The molecule has 3 heteroatoms. The fourth-order valence-electron chi connectivity index (χ4n) is 1.42. The zero-order valence-corrected chi connectivity index (χ0v) is 8.19. The number of hydrogen-bond donors (Lipinski definition) is 1. The number of carbonyl (C=O) groups is 1. The highest BCUT2D eigenvalue weighted by molar-refractivity contribution is 5.87. The predicted octanol–water partition coefficient (Wildman–Crippen LogP) is 2.24. The number of para-hydroxylation sites is 1. The third-order valence-corrected chi connectivity index (χ3v) is 2.20. The average Bonchev–Trinajstić information content (AvgIpc) is 2.69. The lowest BCUT2D eigenvalue weighted by atomic mass is 10.2. The van der Waals surface area contributed by atoms with Gasteiger partial charge < -0.3 is 9.73 Å². The SMILES string of the molecule is C=CC(=O)NCc1coc2ccccc12. The molecule has 0 aliphatic carbocycles. The van der Waals surface area contributed by atoms with E-state index in [4.69, 9.17) is 4.42 Å². The highest BCUT2D eigenvalue weighted by atomic mass is 16.3. The molecule has 0 saturated carbocycles. The molecule has 0 radical (unpaired) electrons. The molecule has 0 unspecified atom stereocenters. The summed E-state index contributed by atoms with van der Waals surface area (Å²) in [7, 11) is 0. The lowest BCUT2D eigenvalue weighted by Gasteiger charge is -1.98. The van der Waals surface area contributed by atoms with Crippen molar-refractivity contribution in [3.8, 4) is 0 Å². The number of furan rings is 1. The highest BCUT2D eigenvalue weighted by Gasteiger charge is 2.04. The Balaban J connectivity index is 2.21. The van der Waals surface area contributed by atoms with Crippen molar-refractivity contribution in [3.63, 3.8) is 0 Å². The van der Waals surface area contributed by atoms with Gasteiger partial charge in [0.2, 0.25) is 5.91 Å². The van der Waals surface area contributed by atoms with Gasteiger partial charge in [-0.1, -0.05) is 24.8 Å². The van der Waals surface area contributed by atoms with Crippen LogP contribution >= 0.6 is 0 Å². The molecular formula is C12H11NO2. The molecule has 0 aliphatic rings. The Labute approximate surface area is 87.4 Å². The van der Waals surface area contributed by atoms with Gasteiger partial charge in [0.25, 0.3) is 0 Å². The number of amides is 1. The van der Waals surface area contributed by atoms with E-state index in [-0.39, 0.29) is 5.91 Å². The van der Waals surface area contributed by atoms with E-state index in [0.29, 0.717) is 6.54 Å². The zero-order chi connectivity index (χ0) is 10.7. The Hall–Kier alpha value is -2.03. The summed E-state index contributed by atoms with van der Waals surface area (Å²) in [5, 5.41) is 3.74. The minimum Gasteiger partial charge on any atom is -0.464 e. The van der Waals surface area contributed by atoms with Crippen LogP contribution in [0.15, 0.2) is 47.6 Å². The molecule has 0 fully saturated rings. The molecule has 0 aliphatic heterocycles. The fraction of sp³-hybridized carbons (Fsp3) is 0.0833. The maximum atomic E-state index is 11.0. The van der Waals surface area contributed by atoms with Crippen LogP contribution in [0.25, 0.3) is 11.0 Å². The molecule has 2 rings (SSSR count). The van der Waals surface area contributed by atoms with Crippen LogP contribution in [0.4, 0.5) is 0 Å². The van der Waals surface area contributed by atoms with Crippen molar-refractivity contribution in [2.45, 2.75) is 6.54 Å². The summed E-state index contributed by atoms with van der Waals surface area (Å²) >= 11 is 0. The molecule has 1 aromatic heterocycles. The first kappa shape index (κ1) is 9.52. The second-order valence-corrected chi connectivity index (χ2v) is 3.18. The van der Waals surface area contributed by atoms with Crippen molar-refractivity contribution < 1.29 is 9.21 Å². The van der Waals surface area contributed by atoms with Crippen LogP contribution in [0, 0.1) is 0 Å². The minimum absolute atomic E-state index is 0.180. The van der Waals surface area contributed by atoms with Crippen LogP contribution in [0.3, 0.4) is 0 Å². The highest BCUT2D eigenvalue weighted by Crippen LogP contribution is 2.20. The summed E-state index contributed by atoms with van der Waals surface area (Å²) in [5.74, 6) is -0.180. The minimum atomic E-state index is -0.180. The molecule has 0 bridgehead atoms. The first-order valence-corrected chi connectivity index (χ1v) is 4.66. The number of hydrogen-bond acceptors (Lipinski definition) is 2. The standard InChI is InChI=1S/C12H11NO2/c1-2-12(14)13-7-9-8-15-11-6-4-3-5-10(9)11/h2-6,8H,1,7H2,(H,13,14). The second-order valence-electron chi connectivity index (χ2n) is 3.18. The van der Waals surface area contributed by atoms with Crippen LogP contribution in [-0.2, 0) is 11.3 Å². The third kappa shape index (κ3) is 1.91. The van der Waals surface area contributed by atoms with Crippen LogP contribution < -0.4 is 5.32 Å². The van der Waals surface area contributed by atoms with E-state index in [2.05, 4.69) is 11.9 Å². The van der Waals surface area contributed by atoms with Gasteiger partial charge in [-0.3, -0.25) is 4.79 Å². The van der Waals surface area contributed by atoms with E-state index in [9.17, 15) is 4.79 Å². The topological polar surface area (TPSA) is 42.2 Å². The largest absolute Gasteiger partial charge is 0.464 e. The van der Waals surface area contributed by atoms with Gasteiger partial charge in [0.1, 0.15) is 5.58 Å². The van der Waals surface area contributed by atoms with Crippen LogP contribution in [0.1, 0.15) is 5.56 Å². The normalized spacial score (nSPS) is 10.1. The van der Waals surface area contributed by atoms with E-state index in [1.165, 1.54) is 6.08 Å². The number of rotatable bonds is 3. The van der Waals surface area contributed by atoms with E-state index in [0.717, 1.165) is 16.5 Å². The maximum absolute atomic E-state index is 11.0. The van der Waals surface area contributed by atoms with Gasteiger partial charge >= 0.3 is 0 Å². The molecule has 15 heavy (non-hydrogen) atoms. The van der Waals surface area contributed by atoms with Gasteiger partial charge in [0.05, 0.1) is 6.26 Å². The van der Waals surface area contributed by atoms with Gasteiger partial charge in [-0.15, -0.1) is 0 Å². The molecule has 1 aromatic carbocycles. The number of fused-ring (bicyclic) bond motifs is 1. The van der Waals surface area contributed by atoms with E-state index in [1.807, 2.05) is 24.3 Å². The summed E-state index contributed by atoms with van der Waals surface area (Å²) in [5.41, 5.74) is 1.81. The second kappa shape index (κ2) is 4.00. The molecule has 2 aromatic rings. The molecule has 3 nitrogen and oxygen atoms in total. The summed E-state index contributed by atoms with van der Waals surface area (Å²) in [6.45, 7) is 3.85. The molecular weight excluding hydrogens is 190 g/mol. The van der Waals surface area contributed by atoms with Gasteiger partial charge in [-0.2, -0.15) is 0 Å². The van der Waals surface area contributed by atoms with Crippen LogP contribution in [-0.4, -0.2) is 5.91 Å². The zero-order valence-electron chi connectivity index (χ0n) is 8.19. The summed E-state index contributed by atoms with van der Waals surface area (Å²) in [6.07, 6.45) is 2.91. The first-order valence-electron chi connectivity index (χ1n) is 4.66. The molecule has 76 valence electrons. The Morgan fingerprint density at radius 3 is 3.07 bits per heavy atom. The lowest BCUT2D eigenvalue weighted by molar-refractivity contribution is -0.116. The smallest absolute Gasteiger partial charge is 0.243 e. The monoisotopic (exact) mass is 201 g/mol. The Bertz CT molecular complexity index is 499. The lowest BCUT2D eigenvalue weighted by Crippen LogP contribution is -2.19. The summed E-state index contributed by atoms with van der Waals surface area (Å²) in [4.78, 5) is 11.0. The summed E-state index contributed by atoms with van der Waals surface area (Å²) < 4.78 is 5.34. The quantitative estimate of drug-likeness (QED) is 0.774.